The third kappa shape index (κ3) is 1.90. The van der Waals surface area contributed by atoms with Crippen LogP contribution in [0.5, 0.6) is 0 Å². The third-order valence-corrected chi connectivity index (χ3v) is 6.04. The zero-order valence-electron chi connectivity index (χ0n) is 9.80. The predicted octanol–water partition coefficient (Wildman–Crippen LogP) is 2.27. The Morgan fingerprint density at radius 1 is 1.17 bits per heavy atom. The Bertz CT molecular complexity index is 685. The summed E-state index contributed by atoms with van der Waals surface area (Å²) in [4.78, 5) is 0.374. The van der Waals surface area contributed by atoms with Gasteiger partial charge in [-0.15, -0.1) is 11.3 Å². The number of rotatable bonds is 2. The minimum atomic E-state index is -3.32. The van der Waals surface area contributed by atoms with E-state index in [4.69, 9.17) is 5.73 Å². The lowest BCUT2D eigenvalue weighted by Crippen LogP contribution is -2.27. The molecule has 0 amide bonds. The molecule has 96 valence electrons. The van der Waals surface area contributed by atoms with Gasteiger partial charge in [-0.25, -0.2) is 8.42 Å². The first-order chi connectivity index (χ1) is 8.57. The van der Waals surface area contributed by atoms with Crippen molar-refractivity contribution in [1.82, 2.24) is 4.31 Å². The molecule has 4 nitrogen and oxygen atoms in total. The van der Waals surface area contributed by atoms with E-state index in [1.807, 2.05) is 12.1 Å². The number of sulfonamides is 1. The van der Waals surface area contributed by atoms with E-state index in [-0.39, 0.29) is 0 Å². The van der Waals surface area contributed by atoms with Gasteiger partial charge in [0.2, 0.25) is 10.0 Å². The van der Waals surface area contributed by atoms with Crippen LogP contribution in [0.2, 0.25) is 0 Å². The maximum absolute atomic E-state index is 12.4. The van der Waals surface area contributed by atoms with Crippen molar-refractivity contribution in [1.29, 1.82) is 0 Å². The largest absolute Gasteiger partial charge is 0.391 e. The highest BCUT2D eigenvalue weighted by Gasteiger charge is 2.27. The summed E-state index contributed by atoms with van der Waals surface area (Å²) in [6, 6.07) is 7.09. The van der Waals surface area contributed by atoms with Crippen LogP contribution in [0, 0.1) is 0 Å². The summed E-state index contributed by atoms with van der Waals surface area (Å²) in [6.45, 7) is 1.26. The summed E-state index contributed by atoms with van der Waals surface area (Å²) in [5.74, 6) is 0. The second-order valence-electron chi connectivity index (χ2n) is 4.46. The molecule has 1 aromatic carbocycles. The van der Waals surface area contributed by atoms with Gasteiger partial charge in [-0.2, -0.15) is 4.31 Å². The van der Waals surface area contributed by atoms with E-state index >= 15 is 0 Å². The van der Waals surface area contributed by atoms with E-state index < -0.39 is 10.0 Å². The lowest BCUT2D eigenvalue weighted by Gasteiger charge is -2.15. The van der Waals surface area contributed by atoms with E-state index in [2.05, 4.69) is 0 Å². The number of nitrogens with zero attached hydrogens (tertiary/aromatic N) is 1. The second kappa shape index (κ2) is 4.22. The molecule has 1 aromatic heterocycles. The molecule has 0 unspecified atom stereocenters. The average molecular weight is 282 g/mol. The van der Waals surface area contributed by atoms with Crippen LogP contribution >= 0.6 is 11.3 Å². The van der Waals surface area contributed by atoms with Crippen molar-refractivity contribution >= 4 is 36.4 Å². The first-order valence-corrected chi connectivity index (χ1v) is 8.12. The van der Waals surface area contributed by atoms with Gasteiger partial charge in [0.05, 0.1) is 9.90 Å². The Morgan fingerprint density at radius 3 is 2.61 bits per heavy atom. The molecule has 2 aromatic rings. The molecule has 0 bridgehead atoms. The molecular formula is C12H14N2O2S2. The maximum Gasteiger partial charge on any atom is 0.243 e. The van der Waals surface area contributed by atoms with Crippen molar-refractivity contribution in [2.75, 3.05) is 18.8 Å². The van der Waals surface area contributed by atoms with Crippen molar-refractivity contribution in [2.24, 2.45) is 0 Å². The maximum atomic E-state index is 12.4. The molecule has 1 fully saturated rings. The summed E-state index contributed by atoms with van der Waals surface area (Å²) >= 11 is 1.42. The van der Waals surface area contributed by atoms with E-state index in [9.17, 15) is 8.42 Å². The van der Waals surface area contributed by atoms with E-state index in [0.717, 1.165) is 22.9 Å². The molecule has 0 atom stereocenters. The number of nitrogen functional groups attached to an aromatic ring is 1. The number of fused-ring (bicyclic) bond motifs is 1. The minimum absolute atomic E-state index is 0.374. The van der Waals surface area contributed by atoms with Crippen molar-refractivity contribution in [2.45, 2.75) is 17.7 Å². The molecule has 18 heavy (non-hydrogen) atoms. The van der Waals surface area contributed by atoms with Gasteiger partial charge in [0.25, 0.3) is 0 Å². The zero-order chi connectivity index (χ0) is 12.8. The Morgan fingerprint density at radius 2 is 1.89 bits per heavy atom. The third-order valence-electron chi connectivity index (χ3n) is 3.21. The normalized spacial score (nSPS) is 17.6. The van der Waals surface area contributed by atoms with Crippen LogP contribution in [-0.2, 0) is 10.0 Å². The molecule has 2 heterocycles. The number of thiophene rings is 1. The smallest absolute Gasteiger partial charge is 0.243 e. The topological polar surface area (TPSA) is 63.4 Å². The summed E-state index contributed by atoms with van der Waals surface area (Å²) in [5, 5.41) is 1.71. The van der Waals surface area contributed by atoms with Crippen molar-refractivity contribution in [3.05, 3.63) is 24.3 Å². The number of anilines is 1. The van der Waals surface area contributed by atoms with Gasteiger partial charge in [0.1, 0.15) is 0 Å². The van der Waals surface area contributed by atoms with Gasteiger partial charge >= 0.3 is 0 Å². The Kier molecular flexibility index (Phi) is 2.80. The van der Waals surface area contributed by atoms with E-state index in [1.54, 1.807) is 16.4 Å². The van der Waals surface area contributed by atoms with Gasteiger partial charge in [0.15, 0.2) is 0 Å². The zero-order valence-corrected chi connectivity index (χ0v) is 11.4. The van der Waals surface area contributed by atoms with Gasteiger partial charge in [-0.05, 0) is 36.4 Å². The van der Waals surface area contributed by atoms with Crippen LogP contribution < -0.4 is 5.73 Å². The van der Waals surface area contributed by atoms with Crippen molar-refractivity contribution in [3.8, 4) is 0 Å². The van der Waals surface area contributed by atoms with E-state index in [0.29, 0.717) is 23.0 Å². The standard InChI is InChI=1S/C12H14N2O2S2/c13-12-7-9-3-4-10(8-11(9)17-12)18(15,16)14-5-1-2-6-14/h3-4,7-8H,1-2,5-6,13H2. The average Bonchev–Trinajstić information content (AvgIpc) is 2.95. The Balaban J connectivity index is 2.07. The van der Waals surface area contributed by atoms with Gasteiger partial charge in [-0.1, -0.05) is 6.07 Å². The fourth-order valence-corrected chi connectivity index (χ4v) is 4.76. The first kappa shape index (κ1) is 12.0. The lowest BCUT2D eigenvalue weighted by molar-refractivity contribution is 0.477. The van der Waals surface area contributed by atoms with Crippen LogP contribution in [0.15, 0.2) is 29.2 Å². The quantitative estimate of drug-likeness (QED) is 0.919. The summed E-state index contributed by atoms with van der Waals surface area (Å²) in [5.41, 5.74) is 5.73. The van der Waals surface area contributed by atoms with Crippen LogP contribution in [0.3, 0.4) is 0 Å². The molecule has 1 aliphatic heterocycles. The molecule has 0 aliphatic carbocycles. The summed E-state index contributed by atoms with van der Waals surface area (Å²) < 4.78 is 27.3. The highest BCUT2D eigenvalue weighted by atomic mass is 32.2. The Labute approximate surface area is 110 Å². The van der Waals surface area contributed by atoms with Crippen LogP contribution in [0.1, 0.15) is 12.8 Å². The molecule has 2 N–H and O–H groups in total. The number of hydrogen-bond donors (Lipinski definition) is 1. The first-order valence-electron chi connectivity index (χ1n) is 5.86. The van der Waals surface area contributed by atoms with Crippen molar-refractivity contribution < 1.29 is 8.42 Å². The summed E-state index contributed by atoms with van der Waals surface area (Å²) in [6.07, 6.45) is 1.90. The van der Waals surface area contributed by atoms with Crippen molar-refractivity contribution in [3.63, 3.8) is 0 Å². The van der Waals surface area contributed by atoms with Gasteiger partial charge in [0, 0.05) is 17.8 Å². The number of hydrogen-bond acceptors (Lipinski definition) is 4. The van der Waals surface area contributed by atoms with Crippen LogP contribution in [-0.4, -0.2) is 25.8 Å². The fraction of sp³-hybridized carbons (Fsp3) is 0.333. The number of benzene rings is 1. The molecule has 0 saturated carbocycles. The van der Waals surface area contributed by atoms with Crippen LogP contribution in [0.4, 0.5) is 5.00 Å². The Hall–Kier alpha value is -1.11. The molecule has 3 rings (SSSR count). The SMILES string of the molecule is Nc1cc2ccc(S(=O)(=O)N3CCCC3)cc2s1. The van der Waals surface area contributed by atoms with Gasteiger partial charge in [-0.3, -0.25) is 0 Å². The van der Waals surface area contributed by atoms with E-state index in [1.165, 1.54) is 11.3 Å². The number of nitrogens with two attached hydrogens (primary N) is 1. The molecule has 1 saturated heterocycles. The monoisotopic (exact) mass is 282 g/mol. The molecule has 1 aliphatic rings. The molecule has 0 radical (unpaired) electrons. The lowest BCUT2D eigenvalue weighted by atomic mass is 10.3. The molecule has 0 spiro atoms. The van der Waals surface area contributed by atoms with Gasteiger partial charge < -0.3 is 5.73 Å². The minimum Gasteiger partial charge on any atom is -0.391 e. The predicted molar refractivity (Wildman–Crippen MR) is 74.2 cm³/mol. The summed E-state index contributed by atoms with van der Waals surface area (Å²) in [7, 11) is -3.32. The second-order valence-corrected chi connectivity index (χ2v) is 7.51. The fourth-order valence-electron chi connectivity index (χ4n) is 2.27. The van der Waals surface area contributed by atoms with Crippen LogP contribution in [0.25, 0.3) is 10.1 Å². The highest BCUT2D eigenvalue weighted by Crippen LogP contribution is 2.31. The highest BCUT2D eigenvalue weighted by molar-refractivity contribution is 7.89. The molecule has 6 heteroatoms. The molecular weight excluding hydrogens is 268 g/mol.